The second-order valence-corrected chi connectivity index (χ2v) is 8.06. The first-order valence-electron chi connectivity index (χ1n) is 10.1. The Bertz CT molecular complexity index is 1510. The summed E-state index contributed by atoms with van der Waals surface area (Å²) < 4.78 is 8.05. The molecule has 0 aliphatic carbocycles. The highest BCUT2D eigenvalue weighted by molar-refractivity contribution is 7.22. The molecule has 0 aliphatic rings. The van der Waals surface area contributed by atoms with Crippen LogP contribution in [-0.4, -0.2) is 20.7 Å². The SMILES string of the molecule is CCn1nc(C(=O)Nc2nc3ccc(Oc4ccccc4)cc3s2)c2ccccc2c1=O. The minimum Gasteiger partial charge on any atom is -0.457 e. The lowest BCUT2D eigenvalue weighted by Gasteiger charge is -2.08. The average molecular weight is 443 g/mol. The molecule has 0 bridgehead atoms. The van der Waals surface area contributed by atoms with Gasteiger partial charge in [-0.1, -0.05) is 47.7 Å². The molecule has 0 saturated carbocycles. The summed E-state index contributed by atoms with van der Waals surface area (Å²) in [6.45, 7) is 2.18. The predicted molar refractivity (Wildman–Crippen MR) is 126 cm³/mol. The number of benzene rings is 3. The fourth-order valence-electron chi connectivity index (χ4n) is 3.42. The van der Waals surface area contributed by atoms with E-state index in [-0.39, 0.29) is 11.3 Å². The van der Waals surface area contributed by atoms with Gasteiger partial charge in [-0.3, -0.25) is 14.9 Å². The van der Waals surface area contributed by atoms with Gasteiger partial charge in [0.05, 0.1) is 15.6 Å². The molecule has 0 spiro atoms. The van der Waals surface area contributed by atoms with E-state index in [2.05, 4.69) is 15.4 Å². The quantitative estimate of drug-likeness (QED) is 0.411. The highest BCUT2D eigenvalue weighted by Gasteiger charge is 2.18. The number of hydrogen-bond donors (Lipinski definition) is 1. The van der Waals surface area contributed by atoms with Crippen molar-refractivity contribution in [3.05, 3.63) is 88.8 Å². The van der Waals surface area contributed by atoms with Crippen LogP contribution in [0.4, 0.5) is 5.13 Å². The second-order valence-electron chi connectivity index (χ2n) is 7.03. The number of rotatable bonds is 5. The third-order valence-corrected chi connectivity index (χ3v) is 5.88. The molecule has 2 heterocycles. The molecule has 1 N–H and O–H groups in total. The molecular weight excluding hydrogens is 424 g/mol. The molecule has 0 radical (unpaired) electrons. The van der Waals surface area contributed by atoms with Crippen LogP contribution in [0.1, 0.15) is 17.4 Å². The standard InChI is InChI=1S/C24H18N4O3S/c1-2-28-23(30)18-11-7-6-10-17(18)21(27-28)22(29)26-24-25-19-13-12-16(14-20(19)32-24)31-15-8-4-3-5-9-15/h3-14H,2H2,1H3,(H,25,26,29). The first-order chi connectivity index (χ1) is 15.6. The third-order valence-electron chi connectivity index (χ3n) is 4.94. The Morgan fingerprint density at radius 1 is 1.00 bits per heavy atom. The highest BCUT2D eigenvalue weighted by Crippen LogP contribution is 2.31. The number of fused-ring (bicyclic) bond motifs is 2. The lowest BCUT2D eigenvalue weighted by atomic mass is 10.1. The summed E-state index contributed by atoms with van der Waals surface area (Å²) in [6, 6.07) is 22.1. The van der Waals surface area contributed by atoms with Gasteiger partial charge in [-0.25, -0.2) is 9.67 Å². The maximum absolute atomic E-state index is 13.0. The molecule has 2 aromatic heterocycles. The third kappa shape index (κ3) is 3.72. The van der Waals surface area contributed by atoms with Gasteiger partial charge in [-0.15, -0.1) is 0 Å². The molecule has 3 aromatic carbocycles. The van der Waals surface area contributed by atoms with Gasteiger partial charge in [0, 0.05) is 18.0 Å². The van der Waals surface area contributed by atoms with E-state index >= 15 is 0 Å². The lowest BCUT2D eigenvalue weighted by Crippen LogP contribution is -2.27. The van der Waals surface area contributed by atoms with Crippen molar-refractivity contribution in [1.82, 2.24) is 14.8 Å². The van der Waals surface area contributed by atoms with Crippen molar-refractivity contribution >= 4 is 43.4 Å². The van der Waals surface area contributed by atoms with E-state index in [1.807, 2.05) is 55.5 Å². The number of ether oxygens (including phenoxy) is 1. The molecule has 0 saturated heterocycles. The number of thiazole rings is 1. The van der Waals surface area contributed by atoms with E-state index in [1.165, 1.54) is 16.0 Å². The number of nitrogens with zero attached hydrogens (tertiary/aromatic N) is 3. The Hall–Kier alpha value is -4.04. The Balaban J connectivity index is 1.45. The molecule has 158 valence electrons. The van der Waals surface area contributed by atoms with E-state index in [0.717, 1.165) is 16.0 Å². The van der Waals surface area contributed by atoms with Gasteiger partial charge in [0.2, 0.25) is 0 Å². The van der Waals surface area contributed by atoms with Crippen molar-refractivity contribution in [2.24, 2.45) is 0 Å². The molecule has 0 aliphatic heterocycles. The van der Waals surface area contributed by atoms with Crippen molar-refractivity contribution in [2.75, 3.05) is 5.32 Å². The number of aromatic nitrogens is 3. The van der Waals surface area contributed by atoms with Gasteiger partial charge in [-0.05, 0) is 37.3 Å². The predicted octanol–water partition coefficient (Wildman–Crippen LogP) is 5.07. The summed E-state index contributed by atoms with van der Waals surface area (Å²) >= 11 is 1.34. The van der Waals surface area contributed by atoms with E-state index in [1.54, 1.807) is 24.3 Å². The topological polar surface area (TPSA) is 86.1 Å². The lowest BCUT2D eigenvalue weighted by molar-refractivity contribution is 0.102. The zero-order valence-electron chi connectivity index (χ0n) is 17.1. The Morgan fingerprint density at radius 3 is 2.53 bits per heavy atom. The van der Waals surface area contributed by atoms with Crippen LogP contribution in [0.5, 0.6) is 11.5 Å². The smallest absolute Gasteiger partial charge is 0.278 e. The fourth-order valence-corrected chi connectivity index (χ4v) is 4.31. The molecule has 8 heteroatoms. The van der Waals surface area contributed by atoms with Crippen LogP contribution in [0.3, 0.4) is 0 Å². The number of nitrogens with one attached hydrogen (secondary N) is 1. The summed E-state index contributed by atoms with van der Waals surface area (Å²) in [6.07, 6.45) is 0. The summed E-state index contributed by atoms with van der Waals surface area (Å²) in [4.78, 5) is 30.1. The Kier molecular flexibility index (Phi) is 5.12. The monoisotopic (exact) mass is 442 g/mol. The number of amides is 1. The maximum atomic E-state index is 13.0. The molecule has 32 heavy (non-hydrogen) atoms. The van der Waals surface area contributed by atoms with Crippen LogP contribution in [-0.2, 0) is 6.54 Å². The molecule has 1 amide bonds. The van der Waals surface area contributed by atoms with Crippen LogP contribution >= 0.6 is 11.3 Å². The van der Waals surface area contributed by atoms with E-state index in [4.69, 9.17) is 4.74 Å². The molecule has 0 unspecified atom stereocenters. The van der Waals surface area contributed by atoms with Crippen molar-refractivity contribution < 1.29 is 9.53 Å². The number of para-hydroxylation sites is 1. The van der Waals surface area contributed by atoms with Gasteiger partial charge < -0.3 is 4.74 Å². The molecule has 0 atom stereocenters. The van der Waals surface area contributed by atoms with E-state index < -0.39 is 5.91 Å². The number of carbonyl (C=O) groups excluding carboxylic acids is 1. The maximum Gasteiger partial charge on any atom is 0.278 e. The first-order valence-corrected chi connectivity index (χ1v) is 10.9. The van der Waals surface area contributed by atoms with Gasteiger partial charge >= 0.3 is 0 Å². The van der Waals surface area contributed by atoms with Gasteiger partial charge in [0.1, 0.15) is 11.5 Å². The minimum atomic E-state index is -0.414. The van der Waals surface area contributed by atoms with Crippen molar-refractivity contribution in [3.8, 4) is 11.5 Å². The summed E-state index contributed by atoms with van der Waals surface area (Å²) in [5, 5.41) is 8.53. The highest BCUT2D eigenvalue weighted by atomic mass is 32.1. The summed E-state index contributed by atoms with van der Waals surface area (Å²) in [5.74, 6) is 1.02. The van der Waals surface area contributed by atoms with Gasteiger partial charge in [0.25, 0.3) is 11.5 Å². The number of hydrogen-bond acceptors (Lipinski definition) is 6. The molecule has 5 aromatic rings. The van der Waals surface area contributed by atoms with Gasteiger partial charge in [0.15, 0.2) is 10.8 Å². The zero-order chi connectivity index (χ0) is 22.1. The number of aryl methyl sites for hydroxylation is 1. The molecule has 5 rings (SSSR count). The summed E-state index contributed by atoms with van der Waals surface area (Å²) in [5.41, 5.74) is 0.724. The van der Waals surface area contributed by atoms with Crippen molar-refractivity contribution in [3.63, 3.8) is 0 Å². The van der Waals surface area contributed by atoms with Crippen LogP contribution in [0.15, 0.2) is 77.6 Å². The summed E-state index contributed by atoms with van der Waals surface area (Å²) in [7, 11) is 0. The minimum absolute atomic E-state index is 0.189. The average Bonchev–Trinajstić information content (AvgIpc) is 3.21. The second kappa shape index (κ2) is 8.24. The number of carbonyl (C=O) groups is 1. The fraction of sp³-hybridized carbons (Fsp3) is 0.0833. The molecule has 7 nitrogen and oxygen atoms in total. The first kappa shape index (κ1) is 19.9. The zero-order valence-corrected chi connectivity index (χ0v) is 17.9. The van der Waals surface area contributed by atoms with E-state index in [0.29, 0.717) is 28.2 Å². The Labute approximate surface area is 186 Å². The van der Waals surface area contributed by atoms with Crippen LogP contribution < -0.4 is 15.6 Å². The van der Waals surface area contributed by atoms with Crippen LogP contribution in [0.2, 0.25) is 0 Å². The van der Waals surface area contributed by atoms with Gasteiger partial charge in [-0.2, -0.15) is 5.10 Å². The normalized spacial score (nSPS) is 11.0. The van der Waals surface area contributed by atoms with Crippen molar-refractivity contribution in [1.29, 1.82) is 0 Å². The number of anilines is 1. The van der Waals surface area contributed by atoms with Crippen LogP contribution in [0, 0.1) is 0 Å². The van der Waals surface area contributed by atoms with E-state index in [9.17, 15) is 9.59 Å². The Morgan fingerprint density at radius 2 is 1.75 bits per heavy atom. The largest absolute Gasteiger partial charge is 0.457 e. The van der Waals surface area contributed by atoms with Crippen molar-refractivity contribution in [2.45, 2.75) is 13.5 Å². The molecular formula is C24H18N4O3S. The molecule has 0 fully saturated rings. The van der Waals surface area contributed by atoms with Crippen LogP contribution in [0.25, 0.3) is 21.0 Å².